The van der Waals surface area contributed by atoms with Crippen LogP contribution < -0.4 is 10.6 Å². The number of halogens is 1. The number of carbonyl (C=O) groups is 2. The maximum Gasteiger partial charge on any atom is 0.342 e. The van der Waals surface area contributed by atoms with Gasteiger partial charge in [0, 0.05) is 34.5 Å². The molecule has 0 bridgehead atoms. The molecule has 190 valence electrons. The minimum absolute atomic E-state index is 0.0636. The molecule has 0 aliphatic heterocycles. The van der Waals surface area contributed by atoms with E-state index < -0.39 is 6.03 Å². The van der Waals surface area contributed by atoms with Crippen LogP contribution >= 0.6 is 11.3 Å². The number of hydrogen-bond acceptors (Lipinski definition) is 5. The van der Waals surface area contributed by atoms with Crippen LogP contribution in [0.5, 0.6) is 5.75 Å². The van der Waals surface area contributed by atoms with E-state index in [4.69, 9.17) is 0 Å². The van der Waals surface area contributed by atoms with Gasteiger partial charge in [-0.15, -0.1) is 11.3 Å². The lowest BCUT2D eigenvalue weighted by Crippen LogP contribution is -2.30. The Morgan fingerprint density at radius 1 is 1.03 bits per heavy atom. The van der Waals surface area contributed by atoms with Gasteiger partial charge in [-0.05, 0) is 66.3 Å². The van der Waals surface area contributed by atoms with E-state index in [1.165, 1.54) is 34.2 Å². The molecule has 2 aromatic heterocycles. The average molecular weight is 527 g/mol. The van der Waals surface area contributed by atoms with Gasteiger partial charge in [0.25, 0.3) is 5.91 Å². The van der Waals surface area contributed by atoms with E-state index in [0.29, 0.717) is 27.4 Å². The number of fused-ring (bicyclic) bond motifs is 1. The zero-order valence-corrected chi connectivity index (χ0v) is 21.0. The van der Waals surface area contributed by atoms with Crippen molar-refractivity contribution in [3.05, 3.63) is 101 Å². The molecule has 1 fully saturated rings. The Balaban J connectivity index is 1.20. The van der Waals surface area contributed by atoms with Gasteiger partial charge in [-0.25, -0.2) is 9.18 Å². The second-order valence-corrected chi connectivity index (χ2v) is 10.3. The molecular formula is C29H23FN4O3S. The molecule has 7 nitrogen and oxygen atoms in total. The summed E-state index contributed by atoms with van der Waals surface area (Å²) in [5.74, 6) is -0.464. The lowest BCUT2D eigenvalue weighted by molar-refractivity contribution is 0.103. The molecule has 2 amide bonds. The van der Waals surface area contributed by atoms with E-state index >= 15 is 0 Å². The second-order valence-electron chi connectivity index (χ2n) is 9.26. The average Bonchev–Trinajstić information content (AvgIpc) is 3.50. The van der Waals surface area contributed by atoms with Gasteiger partial charge in [0.05, 0.1) is 16.3 Å². The minimum Gasteiger partial charge on any atom is -0.507 e. The monoisotopic (exact) mass is 526 g/mol. The van der Waals surface area contributed by atoms with E-state index in [-0.39, 0.29) is 29.9 Å². The maximum atomic E-state index is 13.5. The van der Waals surface area contributed by atoms with Crippen LogP contribution in [0, 0.1) is 5.82 Å². The predicted octanol–water partition coefficient (Wildman–Crippen LogP) is 6.50. The number of thiophene rings is 1. The summed E-state index contributed by atoms with van der Waals surface area (Å²) in [6, 6.07) is 21.9. The first-order valence-corrected chi connectivity index (χ1v) is 13.0. The van der Waals surface area contributed by atoms with Crippen molar-refractivity contribution in [3.63, 3.8) is 0 Å². The first-order chi connectivity index (χ1) is 18.4. The highest BCUT2D eigenvalue weighted by Gasteiger charge is 2.30. The number of benzene rings is 3. The minimum atomic E-state index is -0.422. The SMILES string of the molecule is O=C(Nc1ccc(-c2cc(C3CC3)n(C(=O)NCc3cccc(F)c3)n2)c(O)c1)c1cc2ccccc2s1. The van der Waals surface area contributed by atoms with Crippen molar-refractivity contribution in [3.8, 4) is 17.0 Å². The number of phenols is 1. The third-order valence-electron chi connectivity index (χ3n) is 6.44. The molecule has 0 radical (unpaired) electrons. The van der Waals surface area contributed by atoms with E-state index in [1.54, 1.807) is 24.3 Å². The summed E-state index contributed by atoms with van der Waals surface area (Å²) >= 11 is 1.40. The summed E-state index contributed by atoms with van der Waals surface area (Å²) in [4.78, 5) is 26.3. The first kappa shape index (κ1) is 23.9. The highest BCUT2D eigenvalue weighted by Crippen LogP contribution is 2.42. The first-order valence-electron chi connectivity index (χ1n) is 12.2. The lowest BCUT2D eigenvalue weighted by atomic mass is 10.1. The molecule has 1 saturated carbocycles. The fourth-order valence-electron chi connectivity index (χ4n) is 4.37. The molecule has 1 aliphatic rings. The van der Waals surface area contributed by atoms with Crippen molar-refractivity contribution in [2.75, 3.05) is 5.32 Å². The van der Waals surface area contributed by atoms with Crippen molar-refractivity contribution in [1.29, 1.82) is 0 Å². The Bertz CT molecular complexity index is 1660. The Morgan fingerprint density at radius 2 is 1.87 bits per heavy atom. The maximum absolute atomic E-state index is 13.5. The third-order valence-corrected chi connectivity index (χ3v) is 7.55. The summed E-state index contributed by atoms with van der Waals surface area (Å²) < 4.78 is 15.8. The highest BCUT2D eigenvalue weighted by molar-refractivity contribution is 7.20. The molecular weight excluding hydrogens is 503 g/mol. The lowest BCUT2D eigenvalue weighted by Gasteiger charge is -2.08. The van der Waals surface area contributed by atoms with Gasteiger partial charge >= 0.3 is 6.03 Å². The summed E-state index contributed by atoms with van der Waals surface area (Å²) in [5, 5.41) is 21.9. The zero-order chi connectivity index (χ0) is 26.2. The molecule has 1 aliphatic carbocycles. The number of nitrogens with zero attached hydrogens (tertiary/aromatic N) is 2. The number of aromatic nitrogens is 2. The molecule has 0 spiro atoms. The molecule has 2 heterocycles. The van der Waals surface area contributed by atoms with Crippen molar-refractivity contribution in [1.82, 2.24) is 15.1 Å². The van der Waals surface area contributed by atoms with Gasteiger partial charge in [-0.1, -0.05) is 30.3 Å². The topological polar surface area (TPSA) is 96.3 Å². The largest absolute Gasteiger partial charge is 0.507 e. The molecule has 6 rings (SSSR count). The molecule has 0 unspecified atom stereocenters. The zero-order valence-electron chi connectivity index (χ0n) is 20.1. The van der Waals surface area contributed by atoms with E-state index in [1.807, 2.05) is 36.4 Å². The van der Waals surface area contributed by atoms with Gasteiger partial charge in [-0.2, -0.15) is 9.78 Å². The third kappa shape index (κ3) is 4.88. The highest BCUT2D eigenvalue weighted by atomic mass is 32.1. The van der Waals surface area contributed by atoms with E-state index in [9.17, 15) is 19.1 Å². The molecule has 0 saturated heterocycles. The normalized spacial score (nSPS) is 13.0. The Kier molecular flexibility index (Phi) is 6.13. The molecule has 38 heavy (non-hydrogen) atoms. The van der Waals surface area contributed by atoms with Crippen LogP contribution in [0.3, 0.4) is 0 Å². The molecule has 9 heteroatoms. The fourth-order valence-corrected chi connectivity index (χ4v) is 5.33. The number of amides is 2. The van der Waals surface area contributed by atoms with Crippen LogP contribution in [0.25, 0.3) is 21.3 Å². The number of rotatable bonds is 6. The summed E-state index contributed by atoms with van der Waals surface area (Å²) in [6.07, 6.45) is 1.91. The standard InChI is InChI=1S/C29H23FN4O3S/c30-20-6-3-4-17(12-20)16-31-29(37)34-24(18-8-9-18)15-23(33-34)22-11-10-21(14-25(22)35)32-28(36)27-13-19-5-1-2-7-26(19)38-27/h1-7,10-15,18,35H,8-9,16H2,(H,31,37)(H,32,36). The summed E-state index contributed by atoms with van der Waals surface area (Å²) in [7, 11) is 0. The number of hydrogen-bond donors (Lipinski definition) is 3. The quantitative estimate of drug-likeness (QED) is 0.235. The van der Waals surface area contributed by atoms with Crippen molar-refractivity contribution in [2.24, 2.45) is 0 Å². The molecule has 3 aromatic carbocycles. The van der Waals surface area contributed by atoms with Crippen LogP contribution in [0.1, 0.15) is 39.7 Å². The Labute approximate surface area is 221 Å². The molecule has 0 atom stereocenters. The van der Waals surface area contributed by atoms with Gasteiger partial charge in [0.15, 0.2) is 0 Å². The van der Waals surface area contributed by atoms with Gasteiger partial charge in [0.1, 0.15) is 11.6 Å². The van der Waals surface area contributed by atoms with Crippen molar-refractivity contribution >= 4 is 39.0 Å². The van der Waals surface area contributed by atoms with Crippen LogP contribution in [0.4, 0.5) is 14.9 Å². The van der Waals surface area contributed by atoms with Crippen LogP contribution in [0.15, 0.2) is 78.9 Å². The smallest absolute Gasteiger partial charge is 0.342 e. The summed E-state index contributed by atoms with van der Waals surface area (Å²) in [6.45, 7) is 0.162. The van der Waals surface area contributed by atoms with Crippen LogP contribution in [-0.2, 0) is 6.54 Å². The van der Waals surface area contributed by atoms with Crippen molar-refractivity contribution < 1.29 is 19.1 Å². The molecule has 3 N–H and O–H groups in total. The number of phenolic OH excluding ortho intramolecular Hbond substituents is 1. The number of anilines is 1. The van der Waals surface area contributed by atoms with Crippen LogP contribution in [-0.4, -0.2) is 26.8 Å². The fraction of sp³-hybridized carbons (Fsp3) is 0.138. The number of carbonyl (C=O) groups excluding carboxylic acids is 2. The Hall–Kier alpha value is -4.50. The Morgan fingerprint density at radius 3 is 2.63 bits per heavy atom. The van der Waals surface area contributed by atoms with Gasteiger partial charge < -0.3 is 15.7 Å². The number of nitrogens with one attached hydrogen (secondary N) is 2. The summed E-state index contributed by atoms with van der Waals surface area (Å²) in [5.41, 5.74) is 2.75. The number of aromatic hydroxyl groups is 1. The van der Waals surface area contributed by atoms with E-state index in [0.717, 1.165) is 28.6 Å². The molecule has 5 aromatic rings. The van der Waals surface area contributed by atoms with Gasteiger partial charge in [0.2, 0.25) is 0 Å². The second kappa shape index (κ2) is 9.75. The predicted molar refractivity (Wildman–Crippen MR) is 145 cm³/mol. The van der Waals surface area contributed by atoms with E-state index in [2.05, 4.69) is 15.7 Å². The van der Waals surface area contributed by atoms with Gasteiger partial charge in [-0.3, -0.25) is 4.79 Å². The van der Waals surface area contributed by atoms with Crippen molar-refractivity contribution in [2.45, 2.75) is 25.3 Å². The van der Waals surface area contributed by atoms with Crippen LogP contribution in [0.2, 0.25) is 0 Å².